The van der Waals surface area contributed by atoms with E-state index in [2.05, 4.69) is 42.1 Å². The number of hydrogen-bond acceptors (Lipinski definition) is 3. The Morgan fingerprint density at radius 2 is 2.11 bits per heavy atom. The number of nitrogens with two attached hydrogens (primary N) is 1. The summed E-state index contributed by atoms with van der Waals surface area (Å²) in [7, 11) is 0. The molecule has 0 radical (unpaired) electrons. The molecule has 1 fully saturated rings. The van der Waals surface area contributed by atoms with Crippen LogP contribution in [0, 0.1) is 5.92 Å². The highest BCUT2D eigenvalue weighted by Crippen LogP contribution is 2.30. The van der Waals surface area contributed by atoms with E-state index in [4.69, 9.17) is 5.73 Å². The van der Waals surface area contributed by atoms with Gasteiger partial charge in [0.05, 0.1) is 18.1 Å². The van der Waals surface area contributed by atoms with Gasteiger partial charge < -0.3 is 10.3 Å². The van der Waals surface area contributed by atoms with Gasteiger partial charge in [0.15, 0.2) is 0 Å². The normalized spacial score (nSPS) is 26.8. The van der Waals surface area contributed by atoms with Crippen LogP contribution in [0.25, 0.3) is 0 Å². The summed E-state index contributed by atoms with van der Waals surface area (Å²) in [4.78, 5) is 6.91. The maximum atomic E-state index is 6.09. The van der Waals surface area contributed by atoms with E-state index < -0.39 is 0 Å². The zero-order valence-corrected chi connectivity index (χ0v) is 12.7. The molecule has 4 heteroatoms. The van der Waals surface area contributed by atoms with Gasteiger partial charge in [-0.15, -0.1) is 0 Å². The molecule has 0 aliphatic carbocycles. The Kier molecular flexibility index (Phi) is 4.63. The van der Waals surface area contributed by atoms with Gasteiger partial charge in [-0.1, -0.05) is 6.92 Å². The molecule has 1 aliphatic heterocycles. The first-order valence-corrected chi connectivity index (χ1v) is 7.52. The third kappa shape index (κ3) is 3.00. The van der Waals surface area contributed by atoms with Crippen LogP contribution in [-0.4, -0.2) is 33.6 Å². The van der Waals surface area contributed by atoms with Crippen LogP contribution < -0.4 is 5.73 Å². The standard InChI is InChI=1S/C15H28N4/c1-11(2)19-10-17-8-15(19)14(7-16)18-9-12(3)5-6-13(18)4/h8,10-14H,5-7,9,16H2,1-4H3. The topological polar surface area (TPSA) is 47.1 Å². The van der Waals surface area contributed by atoms with E-state index in [0.29, 0.717) is 24.7 Å². The van der Waals surface area contributed by atoms with Crippen molar-refractivity contribution in [2.45, 2.75) is 58.7 Å². The lowest BCUT2D eigenvalue weighted by atomic mass is 9.93. The molecule has 0 saturated carbocycles. The lowest BCUT2D eigenvalue weighted by molar-refractivity contribution is 0.0757. The number of likely N-dealkylation sites (tertiary alicyclic amines) is 1. The smallest absolute Gasteiger partial charge is 0.0951 e. The molecule has 1 aliphatic rings. The number of piperidine rings is 1. The van der Waals surface area contributed by atoms with Crippen molar-refractivity contribution in [3.05, 3.63) is 18.2 Å². The van der Waals surface area contributed by atoms with E-state index in [-0.39, 0.29) is 0 Å². The highest BCUT2D eigenvalue weighted by molar-refractivity contribution is 5.09. The second kappa shape index (κ2) is 6.06. The minimum atomic E-state index is 0.294. The molecule has 3 unspecified atom stereocenters. The largest absolute Gasteiger partial charge is 0.331 e. The molecule has 2 heterocycles. The highest BCUT2D eigenvalue weighted by atomic mass is 15.2. The number of imidazole rings is 1. The Hall–Kier alpha value is -0.870. The molecule has 0 aromatic carbocycles. The van der Waals surface area contributed by atoms with Crippen molar-refractivity contribution in [2.24, 2.45) is 11.7 Å². The maximum Gasteiger partial charge on any atom is 0.0951 e. The fraction of sp³-hybridized carbons (Fsp3) is 0.800. The summed E-state index contributed by atoms with van der Waals surface area (Å²) in [6.45, 7) is 10.9. The molecule has 108 valence electrons. The van der Waals surface area contributed by atoms with Gasteiger partial charge in [0, 0.05) is 31.4 Å². The summed E-state index contributed by atoms with van der Waals surface area (Å²) in [5, 5.41) is 0. The van der Waals surface area contributed by atoms with Crippen molar-refractivity contribution in [1.29, 1.82) is 0 Å². The summed E-state index contributed by atoms with van der Waals surface area (Å²) in [5.74, 6) is 0.765. The molecule has 1 aromatic heterocycles. The van der Waals surface area contributed by atoms with E-state index in [1.807, 2.05) is 12.5 Å². The summed E-state index contributed by atoms with van der Waals surface area (Å²) in [6, 6.07) is 1.34. The second-order valence-corrected chi connectivity index (χ2v) is 6.30. The molecule has 3 atom stereocenters. The van der Waals surface area contributed by atoms with Crippen LogP contribution in [0.3, 0.4) is 0 Å². The summed E-state index contributed by atoms with van der Waals surface area (Å²) in [5.41, 5.74) is 7.35. The SMILES string of the molecule is CC1CCC(C)N(C(CN)c2cncn2C(C)C)C1. The Labute approximate surface area is 117 Å². The van der Waals surface area contributed by atoms with E-state index in [1.165, 1.54) is 18.5 Å². The van der Waals surface area contributed by atoms with Gasteiger partial charge in [0.1, 0.15) is 0 Å². The van der Waals surface area contributed by atoms with E-state index >= 15 is 0 Å². The second-order valence-electron chi connectivity index (χ2n) is 6.30. The van der Waals surface area contributed by atoms with Gasteiger partial charge in [-0.25, -0.2) is 4.98 Å². The van der Waals surface area contributed by atoms with Gasteiger partial charge in [0.25, 0.3) is 0 Å². The number of aromatic nitrogens is 2. The number of nitrogens with zero attached hydrogens (tertiary/aromatic N) is 3. The van der Waals surface area contributed by atoms with Gasteiger partial charge in [-0.05, 0) is 39.5 Å². The van der Waals surface area contributed by atoms with Gasteiger partial charge in [-0.2, -0.15) is 0 Å². The first-order valence-electron chi connectivity index (χ1n) is 7.52. The van der Waals surface area contributed by atoms with Gasteiger partial charge in [-0.3, -0.25) is 4.90 Å². The lowest BCUT2D eigenvalue weighted by Gasteiger charge is -2.42. The number of hydrogen-bond donors (Lipinski definition) is 1. The van der Waals surface area contributed by atoms with Gasteiger partial charge >= 0.3 is 0 Å². The zero-order valence-electron chi connectivity index (χ0n) is 12.7. The van der Waals surface area contributed by atoms with Crippen molar-refractivity contribution in [1.82, 2.24) is 14.5 Å². The average Bonchev–Trinajstić information content (AvgIpc) is 2.84. The van der Waals surface area contributed by atoms with Crippen molar-refractivity contribution in [3.8, 4) is 0 Å². The van der Waals surface area contributed by atoms with Crippen molar-refractivity contribution >= 4 is 0 Å². The molecule has 2 N–H and O–H groups in total. The number of rotatable bonds is 4. The van der Waals surface area contributed by atoms with Gasteiger partial charge in [0.2, 0.25) is 0 Å². The van der Waals surface area contributed by atoms with E-state index in [1.54, 1.807) is 0 Å². The van der Waals surface area contributed by atoms with Crippen molar-refractivity contribution in [3.63, 3.8) is 0 Å². The van der Waals surface area contributed by atoms with E-state index in [0.717, 1.165) is 12.5 Å². The zero-order chi connectivity index (χ0) is 14.0. The van der Waals surface area contributed by atoms with Crippen LogP contribution in [0.2, 0.25) is 0 Å². The van der Waals surface area contributed by atoms with Crippen LogP contribution in [-0.2, 0) is 0 Å². The Bertz CT molecular complexity index is 399. The van der Waals surface area contributed by atoms with Crippen LogP contribution in [0.15, 0.2) is 12.5 Å². The summed E-state index contributed by atoms with van der Waals surface area (Å²) < 4.78 is 2.25. The fourth-order valence-corrected chi connectivity index (χ4v) is 3.19. The Morgan fingerprint density at radius 1 is 1.37 bits per heavy atom. The molecule has 1 saturated heterocycles. The molecule has 0 spiro atoms. The van der Waals surface area contributed by atoms with Crippen LogP contribution in [0.1, 0.15) is 58.3 Å². The third-order valence-electron chi connectivity index (χ3n) is 4.38. The average molecular weight is 264 g/mol. The monoisotopic (exact) mass is 264 g/mol. The lowest BCUT2D eigenvalue weighted by Crippen LogP contribution is -2.46. The fourth-order valence-electron chi connectivity index (χ4n) is 3.19. The molecule has 1 aromatic rings. The minimum absolute atomic E-state index is 0.294. The molecular formula is C15H28N4. The van der Waals surface area contributed by atoms with Crippen LogP contribution >= 0.6 is 0 Å². The third-order valence-corrected chi connectivity index (χ3v) is 4.38. The molecule has 0 amide bonds. The minimum Gasteiger partial charge on any atom is -0.331 e. The first-order chi connectivity index (χ1) is 9.04. The molecule has 2 rings (SSSR count). The first kappa shape index (κ1) is 14.5. The summed E-state index contributed by atoms with van der Waals surface area (Å²) in [6.07, 6.45) is 6.52. The molecule has 0 bridgehead atoms. The summed E-state index contributed by atoms with van der Waals surface area (Å²) >= 11 is 0. The quantitative estimate of drug-likeness (QED) is 0.909. The predicted molar refractivity (Wildman–Crippen MR) is 79.0 cm³/mol. The van der Waals surface area contributed by atoms with E-state index in [9.17, 15) is 0 Å². The van der Waals surface area contributed by atoms with Crippen molar-refractivity contribution < 1.29 is 0 Å². The van der Waals surface area contributed by atoms with Crippen molar-refractivity contribution in [2.75, 3.05) is 13.1 Å². The molecule has 19 heavy (non-hydrogen) atoms. The maximum absolute atomic E-state index is 6.09. The van der Waals surface area contributed by atoms with Crippen LogP contribution in [0.5, 0.6) is 0 Å². The molecular weight excluding hydrogens is 236 g/mol. The Morgan fingerprint density at radius 3 is 2.74 bits per heavy atom. The molecule has 4 nitrogen and oxygen atoms in total. The Balaban J connectivity index is 2.25. The highest BCUT2D eigenvalue weighted by Gasteiger charge is 2.31. The van der Waals surface area contributed by atoms with Crippen LogP contribution in [0.4, 0.5) is 0 Å². The predicted octanol–water partition coefficient (Wildman–Crippen LogP) is 2.58.